The van der Waals surface area contributed by atoms with E-state index in [9.17, 15) is 10.0 Å². The minimum atomic E-state index is -0.00735. The highest BCUT2D eigenvalue weighted by atomic mass is 32.2. The molecule has 1 N–H and O–H groups in total. The van der Waals surface area contributed by atoms with Gasteiger partial charge in [-0.1, -0.05) is 19.3 Å². The molecule has 2 heterocycles. The average molecular weight is 365 g/mol. The van der Waals surface area contributed by atoms with Crippen LogP contribution in [0.5, 0.6) is 0 Å². The smallest absolute Gasteiger partial charge is 0.251 e. The van der Waals surface area contributed by atoms with Crippen LogP contribution >= 0.6 is 11.8 Å². The molecule has 6 nitrogen and oxygen atoms in total. The summed E-state index contributed by atoms with van der Waals surface area (Å²) in [7, 11) is 0. The van der Waals surface area contributed by atoms with E-state index < -0.39 is 0 Å². The lowest BCUT2D eigenvalue weighted by Gasteiger charge is -2.48. The number of ether oxygens (including phenoxy) is 1. The molecule has 0 atom stereocenters. The van der Waals surface area contributed by atoms with Crippen LogP contribution in [0.3, 0.4) is 0 Å². The highest BCUT2D eigenvalue weighted by Crippen LogP contribution is 2.33. The first-order valence-electron chi connectivity index (χ1n) is 9.10. The van der Waals surface area contributed by atoms with Gasteiger partial charge in [-0.2, -0.15) is 4.73 Å². The largest absolute Gasteiger partial charge is 0.618 e. The molecule has 0 radical (unpaired) electrons. The molecule has 2 aliphatic rings. The highest BCUT2D eigenvalue weighted by molar-refractivity contribution is 7.99. The Balaban J connectivity index is 1.53. The second kappa shape index (κ2) is 8.87. The van der Waals surface area contributed by atoms with Crippen LogP contribution in [0.2, 0.25) is 0 Å². The van der Waals surface area contributed by atoms with Gasteiger partial charge in [0.05, 0.1) is 19.0 Å². The summed E-state index contributed by atoms with van der Waals surface area (Å²) in [5, 5.41) is 15.3. The molecule has 0 aromatic carbocycles. The van der Waals surface area contributed by atoms with Crippen LogP contribution in [-0.4, -0.2) is 54.9 Å². The molecule has 0 bridgehead atoms. The van der Waals surface area contributed by atoms with Gasteiger partial charge in [-0.3, -0.25) is 9.69 Å². The Bertz CT molecular complexity index is 572. The second-order valence-corrected chi connectivity index (χ2v) is 7.81. The van der Waals surface area contributed by atoms with Crippen molar-refractivity contribution in [3.8, 4) is 0 Å². The van der Waals surface area contributed by atoms with E-state index in [4.69, 9.17) is 4.74 Å². The number of amides is 1. The van der Waals surface area contributed by atoms with Crippen LogP contribution in [0, 0.1) is 5.21 Å². The number of thioether (sulfide) groups is 1. The van der Waals surface area contributed by atoms with Gasteiger partial charge in [-0.25, -0.2) is 0 Å². The third kappa shape index (κ3) is 4.86. The van der Waals surface area contributed by atoms with Crippen molar-refractivity contribution in [1.82, 2.24) is 10.2 Å². The zero-order chi connectivity index (χ0) is 17.5. The Morgan fingerprint density at radius 1 is 1.28 bits per heavy atom. The molecule has 1 saturated carbocycles. The van der Waals surface area contributed by atoms with Crippen molar-refractivity contribution in [2.45, 2.75) is 42.7 Å². The molecule has 1 aliphatic heterocycles. The van der Waals surface area contributed by atoms with E-state index in [0.717, 1.165) is 43.9 Å². The molecule has 138 valence electrons. The topological polar surface area (TPSA) is 68.5 Å². The number of hydrogen-bond donors (Lipinski definition) is 1. The molecule has 0 unspecified atom stereocenters. The van der Waals surface area contributed by atoms with Gasteiger partial charge >= 0.3 is 0 Å². The first kappa shape index (κ1) is 18.5. The van der Waals surface area contributed by atoms with Crippen molar-refractivity contribution in [3.05, 3.63) is 29.6 Å². The van der Waals surface area contributed by atoms with Crippen molar-refractivity contribution in [2.24, 2.45) is 0 Å². The van der Waals surface area contributed by atoms with Crippen LogP contribution in [0.25, 0.3) is 0 Å². The quantitative estimate of drug-likeness (QED) is 0.471. The lowest BCUT2D eigenvalue weighted by molar-refractivity contribution is -0.645. The number of morpholine rings is 1. The monoisotopic (exact) mass is 365 g/mol. The maximum absolute atomic E-state index is 12.3. The molecule has 1 aromatic rings. The lowest BCUT2D eigenvalue weighted by atomic mass is 9.79. The first-order valence-corrected chi connectivity index (χ1v) is 10.1. The first-order chi connectivity index (χ1) is 12.2. The fourth-order valence-corrected chi connectivity index (χ4v) is 4.57. The minimum absolute atomic E-state index is 0.00735. The van der Waals surface area contributed by atoms with Crippen molar-refractivity contribution in [3.63, 3.8) is 0 Å². The Kier molecular flexibility index (Phi) is 6.56. The van der Waals surface area contributed by atoms with E-state index in [1.54, 1.807) is 12.1 Å². The van der Waals surface area contributed by atoms with Gasteiger partial charge in [0.1, 0.15) is 0 Å². The van der Waals surface area contributed by atoms with Crippen molar-refractivity contribution >= 4 is 17.7 Å². The summed E-state index contributed by atoms with van der Waals surface area (Å²) in [6.45, 7) is 4.15. The molecular weight excluding hydrogens is 338 g/mol. The Morgan fingerprint density at radius 3 is 2.76 bits per heavy atom. The van der Waals surface area contributed by atoms with Crippen molar-refractivity contribution < 1.29 is 14.3 Å². The summed E-state index contributed by atoms with van der Waals surface area (Å²) in [5.41, 5.74) is 0.0769. The van der Waals surface area contributed by atoms with Crippen molar-refractivity contribution in [1.29, 1.82) is 0 Å². The summed E-state index contributed by atoms with van der Waals surface area (Å²) in [5.74, 6) is 0.262. The van der Waals surface area contributed by atoms with Gasteiger partial charge in [0.15, 0.2) is 6.20 Å². The van der Waals surface area contributed by atoms with Crippen LogP contribution in [0.15, 0.2) is 29.4 Å². The van der Waals surface area contributed by atoms with Gasteiger partial charge in [0.2, 0.25) is 5.91 Å². The van der Waals surface area contributed by atoms with Crippen LogP contribution < -0.4 is 10.0 Å². The maximum Gasteiger partial charge on any atom is 0.251 e. The predicted octanol–water partition coefficient (Wildman–Crippen LogP) is 1.56. The average Bonchev–Trinajstić information content (AvgIpc) is 2.67. The number of rotatable bonds is 6. The van der Waals surface area contributed by atoms with Gasteiger partial charge in [0.25, 0.3) is 5.03 Å². The Hall–Kier alpha value is -1.31. The zero-order valence-corrected chi connectivity index (χ0v) is 15.4. The van der Waals surface area contributed by atoms with Gasteiger partial charge < -0.3 is 15.3 Å². The van der Waals surface area contributed by atoms with Crippen LogP contribution in [0.4, 0.5) is 0 Å². The maximum atomic E-state index is 12.3. The molecule has 3 rings (SSSR count). The van der Waals surface area contributed by atoms with Gasteiger partial charge in [-0.05, 0) is 30.7 Å². The van der Waals surface area contributed by atoms with E-state index in [-0.39, 0.29) is 17.2 Å². The normalized spacial score (nSPS) is 21.0. The molecule has 25 heavy (non-hydrogen) atoms. The highest BCUT2D eigenvalue weighted by Gasteiger charge is 2.38. The fourth-order valence-electron chi connectivity index (χ4n) is 3.83. The number of nitrogens with one attached hydrogen (secondary N) is 1. The third-order valence-corrected chi connectivity index (χ3v) is 6.24. The Morgan fingerprint density at radius 2 is 2.04 bits per heavy atom. The molecule has 7 heteroatoms. The molecule has 1 aliphatic carbocycles. The van der Waals surface area contributed by atoms with Crippen LogP contribution in [0.1, 0.15) is 32.1 Å². The van der Waals surface area contributed by atoms with Crippen molar-refractivity contribution in [2.75, 3.05) is 38.6 Å². The van der Waals surface area contributed by atoms with Gasteiger partial charge in [0, 0.05) is 37.3 Å². The van der Waals surface area contributed by atoms with Gasteiger partial charge in [-0.15, -0.1) is 0 Å². The molecule has 1 saturated heterocycles. The number of carbonyl (C=O) groups excluding carboxylic acids is 1. The van der Waals surface area contributed by atoms with E-state index >= 15 is 0 Å². The van der Waals surface area contributed by atoms with E-state index in [1.165, 1.54) is 37.2 Å². The minimum Gasteiger partial charge on any atom is -0.618 e. The molecule has 0 spiro atoms. The number of nitrogens with zero attached hydrogens (tertiary/aromatic N) is 2. The summed E-state index contributed by atoms with van der Waals surface area (Å²) in [6, 6.07) is 5.23. The number of hydrogen-bond acceptors (Lipinski definition) is 5. The van der Waals surface area contributed by atoms with Crippen LogP contribution in [-0.2, 0) is 9.53 Å². The zero-order valence-electron chi connectivity index (χ0n) is 14.6. The summed E-state index contributed by atoms with van der Waals surface area (Å²) in [6.07, 6.45) is 7.47. The van der Waals surface area contributed by atoms with E-state index in [2.05, 4.69) is 10.2 Å². The second-order valence-electron chi connectivity index (χ2n) is 6.81. The van der Waals surface area contributed by atoms with E-state index in [0.29, 0.717) is 11.6 Å². The molecule has 2 fully saturated rings. The summed E-state index contributed by atoms with van der Waals surface area (Å²) in [4.78, 5) is 14.8. The summed E-state index contributed by atoms with van der Waals surface area (Å²) >= 11 is 1.28. The SMILES string of the molecule is O=C(CSc1cccc[n+]1[O-])NCC1(N2CCOCC2)CCCCC1. The number of aromatic nitrogens is 1. The molecule has 1 amide bonds. The predicted molar refractivity (Wildman–Crippen MR) is 97.3 cm³/mol. The number of pyridine rings is 1. The standard InChI is InChI=1S/C18H27N3O3S/c22-16(14-25-17-6-2-5-9-21(17)23)19-15-18(7-3-1-4-8-18)20-10-12-24-13-11-20/h2,5-6,9H,1,3-4,7-8,10-15H2,(H,19,22). The molecule has 1 aromatic heterocycles. The fraction of sp³-hybridized carbons (Fsp3) is 0.667. The number of carbonyl (C=O) groups is 1. The lowest BCUT2D eigenvalue weighted by Crippen LogP contribution is -2.59. The summed E-state index contributed by atoms with van der Waals surface area (Å²) < 4.78 is 6.30. The molecular formula is C18H27N3O3S. The third-order valence-electron chi connectivity index (χ3n) is 5.22. The van der Waals surface area contributed by atoms with E-state index in [1.807, 2.05) is 6.07 Å². The Labute approximate surface area is 153 Å².